The highest BCUT2D eigenvalue weighted by Gasteiger charge is 2.23. The Labute approximate surface area is 92.7 Å². The first-order valence-electron chi connectivity index (χ1n) is 6.04. The summed E-state index contributed by atoms with van der Waals surface area (Å²) in [4.78, 5) is 0. The van der Waals surface area contributed by atoms with E-state index >= 15 is 0 Å². The van der Waals surface area contributed by atoms with Gasteiger partial charge < -0.3 is 5.73 Å². The second-order valence-electron chi connectivity index (χ2n) is 4.98. The zero-order chi connectivity index (χ0) is 10.8. The van der Waals surface area contributed by atoms with Crippen LogP contribution in [0.1, 0.15) is 49.7 Å². The number of rotatable bonds is 1. The van der Waals surface area contributed by atoms with Crippen LogP contribution in [0.2, 0.25) is 0 Å². The van der Waals surface area contributed by atoms with Gasteiger partial charge >= 0.3 is 0 Å². The quantitative estimate of drug-likeness (QED) is 0.689. The van der Waals surface area contributed by atoms with Crippen molar-refractivity contribution in [1.29, 1.82) is 0 Å². The SMILES string of the molecule is Cc1ccc(N)cc1C1CCCCC1C. The van der Waals surface area contributed by atoms with Gasteiger partial charge in [-0.25, -0.2) is 0 Å². The van der Waals surface area contributed by atoms with E-state index in [2.05, 4.69) is 26.0 Å². The first kappa shape index (κ1) is 10.5. The second-order valence-corrected chi connectivity index (χ2v) is 4.98. The van der Waals surface area contributed by atoms with Crippen molar-refractivity contribution in [3.05, 3.63) is 29.3 Å². The van der Waals surface area contributed by atoms with E-state index in [-0.39, 0.29) is 0 Å². The molecule has 0 radical (unpaired) electrons. The Hall–Kier alpha value is -0.980. The normalized spacial score (nSPS) is 26.5. The van der Waals surface area contributed by atoms with Gasteiger partial charge in [-0.15, -0.1) is 0 Å². The molecule has 2 atom stereocenters. The van der Waals surface area contributed by atoms with Crippen molar-refractivity contribution in [3.8, 4) is 0 Å². The highest BCUT2D eigenvalue weighted by Crippen LogP contribution is 2.39. The smallest absolute Gasteiger partial charge is 0.0317 e. The number of hydrogen-bond acceptors (Lipinski definition) is 1. The molecule has 1 heteroatoms. The Bertz CT molecular complexity index is 343. The van der Waals surface area contributed by atoms with Crippen LogP contribution in [0.25, 0.3) is 0 Å². The van der Waals surface area contributed by atoms with E-state index in [1.54, 1.807) is 0 Å². The average molecular weight is 203 g/mol. The fraction of sp³-hybridized carbons (Fsp3) is 0.571. The highest BCUT2D eigenvalue weighted by molar-refractivity contribution is 5.46. The number of benzene rings is 1. The van der Waals surface area contributed by atoms with Crippen molar-refractivity contribution in [3.63, 3.8) is 0 Å². The van der Waals surface area contributed by atoms with Gasteiger partial charge in [-0.05, 0) is 48.4 Å². The fourth-order valence-electron chi connectivity index (χ4n) is 2.84. The van der Waals surface area contributed by atoms with Crippen LogP contribution in [0.4, 0.5) is 5.69 Å². The molecule has 1 aromatic rings. The van der Waals surface area contributed by atoms with Crippen molar-refractivity contribution in [2.24, 2.45) is 5.92 Å². The number of aryl methyl sites for hydroxylation is 1. The third-order valence-corrected chi connectivity index (χ3v) is 3.81. The van der Waals surface area contributed by atoms with E-state index in [1.165, 1.54) is 36.8 Å². The minimum absolute atomic E-state index is 0.738. The molecule has 2 N–H and O–H groups in total. The van der Waals surface area contributed by atoms with Gasteiger partial charge in [-0.3, -0.25) is 0 Å². The van der Waals surface area contributed by atoms with Gasteiger partial charge in [-0.2, -0.15) is 0 Å². The van der Waals surface area contributed by atoms with Crippen LogP contribution < -0.4 is 5.73 Å². The maximum Gasteiger partial charge on any atom is 0.0317 e. The summed E-state index contributed by atoms with van der Waals surface area (Å²) in [6.45, 7) is 4.59. The highest BCUT2D eigenvalue weighted by atomic mass is 14.5. The Morgan fingerprint density at radius 2 is 1.93 bits per heavy atom. The summed E-state index contributed by atoms with van der Waals surface area (Å²) in [5.41, 5.74) is 9.68. The van der Waals surface area contributed by atoms with Gasteiger partial charge in [0.05, 0.1) is 0 Å². The minimum Gasteiger partial charge on any atom is -0.399 e. The van der Waals surface area contributed by atoms with Gasteiger partial charge in [0, 0.05) is 5.69 Å². The van der Waals surface area contributed by atoms with Crippen molar-refractivity contribution in [2.75, 3.05) is 5.73 Å². The van der Waals surface area contributed by atoms with Gasteiger partial charge in [0.1, 0.15) is 0 Å². The van der Waals surface area contributed by atoms with Crippen LogP contribution in [-0.2, 0) is 0 Å². The molecule has 0 amide bonds. The summed E-state index contributed by atoms with van der Waals surface area (Å²) in [5.74, 6) is 1.56. The largest absolute Gasteiger partial charge is 0.399 e. The Morgan fingerprint density at radius 1 is 1.20 bits per heavy atom. The summed E-state index contributed by atoms with van der Waals surface area (Å²) < 4.78 is 0. The summed E-state index contributed by atoms with van der Waals surface area (Å²) >= 11 is 0. The molecular formula is C14H21N. The first-order valence-corrected chi connectivity index (χ1v) is 6.04. The van der Waals surface area contributed by atoms with Crippen LogP contribution in [-0.4, -0.2) is 0 Å². The molecule has 2 rings (SSSR count). The Morgan fingerprint density at radius 3 is 2.67 bits per heavy atom. The fourth-order valence-corrected chi connectivity index (χ4v) is 2.84. The van der Waals surface area contributed by atoms with Gasteiger partial charge in [0.2, 0.25) is 0 Å². The third kappa shape index (κ3) is 2.17. The maximum absolute atomic E-state index is 5.88. The molecule has 1 aliphatic rings. The summed E-state index contributed by atoms with van der Waals surface area (Å²) in [5, 5.41) is 0. The molecule has 0 saturated heterocycles. The lowest BCUT2D eigenvalue weighted by atomic mass is 9.75. The predicted molar refractivity (Wildman–Crippen MR) is 66.0 cm³/mol. The second kappa shape index (κ2) is 4.26. The van der Waals surface area contributed by atoms with Gasteiger partial charge in [-0.1, -0.05) is 32.3 Å². The molecule has 1 fully saturated rings. The minimum atomic E-state index is 0.738. The molecule has 1 aliphatic carbocycles. The van der Waals surface area contributed by atoms with E-state index in [0.717, 1.165) is 17.5 Å². The van der Waals surface area contributed by atoms with Crippen LogP contribution in [0.5, 0.6) is 0 Å². The number of anilines is 1. The zero-order valence-corrected chi connectivity index (χ0v) is 9.79. The van der Waals surface area contributed by atoms with Crippen LogP contribution in [0, 0.1) is 12.8 Å². The van der Waals surface area contributed by atoms with E-state index in [1.807, 2.05) is 6.07 Å². The molecule has 82 valence electrons. The molecule has 0 heterocycles. The average Bonchev–Trinajstić information content (AvgIpc) is 2.23. The standard InChI is InChI=1S/C14H21N/c1-10-5-3-4-6-13(10)14-9-12(15)8-7-11(14)2/h7-10,13H,3-6,15H2,1-2H3. The molecule has 1 nitrogen and oxygen atoms in total. The summed E-state index contributed by atoms with van der Waals surface area (Å²) in [7, 11) is 0. The molecule has 0 spiro atoms. The molecule has 2 unspecified atom stereocenters. The van der Waals surface area contributed by atoms with Gasteiger partial charge in [0.15, 0.2) is 0 Å². The summed E-state index contributed by atoms with van der Waals surface area (Å²) in [6, 6.07) is 6.35. The summed E-state index contributed by atoms with van der Waals surface area (Å²) in [6.07, 6.45) is 5.49. The van der Waals surface area contributed by atoms with E-state index in [9.17, 15) is 0 Å². The molecule has 0 aromatic heterocycles. The molecule has 0 bridgehead atoms. The van der Waals surface area contributed by atoms with Crippen LogP contribution >= 0.6 is 0 Å². The van der Waals surface area contributed by atoms with E-state index in [4.69, 9.17) is 5.73 Å². The molecule has 0 aliphatic heterocycles. The lowest BCUT2D eigenvalue weighted by Gasteiger charge is -2.30. The van der Waals surface area contributed by atoms with E-state index in [0.29, 0.717) is 0 Å². The maximum atomic E-state index is 5.88. The van der Waals surface area contributed by atoms with Gasteiger partial charge in [0.25, 0.3) is 0 Å². The van der Waals surface area contributed by atoms with Crippen molar-refractivity contribution in [1.82, 2.24) is 0 Å². The Balaban J connectivity index is 2.30. The third-order valence-electron chi connectivity index (χ3n) is 3.81. The van der Waals surface area contributed by atoms with E-state index < -0.39 is 0 Å². The molecule has 1 aromatic carbocycles. The van der Waals surface area contributed by atoms with Crippen LogP contribution in [0.3, 0.4) is 0 Å². The monoisotopic (exact) mass is 203 g/mol. The van der Waals surface area contributed by atoms with Crippen LogP contribution in [0.15, 0.2) is 18.2 Å². The Kier molecular flexibility index (Phi) is 2.99. The zero-order valence-electron chi connectivity index (χ0n) is 9.79. The lowest BCUT2D eigenvalue weighted by Crippen LogP contribution is -2.16. The topological polar surface area (TPSA) is 26.0 Å². The number of nitrogens with two attached hydrogens (primary N) is 1. The number of hydrogen-bond donors (Lipinski definition) is 1. The van der Waals surface area contributed by atoms with Crippen molar-refractivity contribution >= 4 is 5.69 Å². The molecule has 15 heavy (non-hydrogen) atoms. The van der Waals surface area contributed by atoms with Crippen molar-refractivity contribution < 1.29 is 0 Å². The van der Waals surface area contributed by atoms with Crippen molar-refractivity contribution in [2.45, 2.75) is 45.4 Å². The first-order chi connectivity index (χ1) is 7.18. The number of nitrogen functional groups attached to an aromatic ring is 1. The lowest BCUT2D eigenvalue weighted by molar-refractivity contribution is 0.330. The molecular weight excluding hydrogens is 182 g/mol. The molecule has 1 saturated carbocycles. The predicted octanol–water partition coefficient (Wildman–Crippen LogP) is 3.87.